The Balaban J connectivity index is 2.12. The normalized spacial score (nSPS) is 17.8. The van der Waals surface area contributed by atoms with Crippen molar-refractivity contribution in [3.05, 3.63) is 48.8 Å². The predicted molar refractivity (Wildman–Crippen MR) is 107 cm³/mol. The van der Waals surface area contributed by atoms with Gasteiger partial charge in [0.05, 0.1) is 16.9 Å². The Morgan fingerprint density at radius 2 is 2.12 bits per heavy atom. The summed E-state index contributed by atoms with van der Waals surface area (Å²) >= 11 is 0. The molecular weight excluding hydrogens is 313 g/mol. The highest BCUT2D eigenvalue weighted by Crippen LogP contribution is 2.37. The maximum atomic E-state index is 14.5. The summed E-state index contributed by atoms with van der Waals surface area (Å²) in [6.45, 7) is 14.5. The second-order valence-electron chi connectivity index (χ2n) is 7.10. The van der Waals surface area contributed by atoms with E-state index in [9.17, 15) is 4.39 Å². The van der Waals surface area contributed by atoms with Gasteiger partial charge < -0.3 is 16.0 Å². The molecule has 1 aliphatic rings. The second-order valence-corrected chi connectivity index (χ2v) is 7.10. The van der Waals surface area contributed by atoms with Crippen LogP contribution in [0.4, 0.5) is 15.8 Å². The van der Waals surface area contributed by atoms with Crippen LogP contribution in [0.2, 0.25) is 0 Å². The van der Waals surface area contributed by atoms with Crippen molar-refractivity contribution in [3.8, 4) is 0 Å². The zero-order chi connectivity index (χ0) is 18.4. The number of rotatable bonds is 8. The number of unbranched alkanes of at least 4 members (excludes halogenated alkanes) is 1. The van der Waals surface area contributed by atoms with Crippen LogP contribution in [0.15, 0.2) is 43.0 Å². The maximum absolute atomic E-state index is 14.5. The quantitative estimate of drug-likeness (QED) is 0.529. The lowest BCUT2D eigenvalue weighted by Gasteiger charge is -2.42. The highest BCUT2D eigenvalue weighted by atomic mass is 19.1. The van der Waals surface area contributed by atoms with Crippen molar-refractivity contribution in [2.24, 2.45) is 11.7 Å². The summed E-state index contributed by atoms with van der Waals surface area (Å²) < 4.78 is 14.5. The molecule has 3 nitrogen and oxygen atoms in total. The van der Waals surface area contributed by atoms with Gasteiger partial charge in [0.15, 0.2) is 0 Å². The molecule has 1 saturated heterocycles. The molecule has 2 rings (SSSR count). The number of piperidine rings is 1. The van der Waals surface area contributed by atoms with E-state index in [-0.39, 0.29) is 5.82 Å². The van der Waals surface area contributed by atoms with Gasteiger partial charge in [-0.3, -0.25) is 0 Å². The molecule has 0 saturated carbocycles. The van der Waals surface area contributed by atoms with Crippen molar-refractivity contribution in [3.63, 3.8) is 0 Å². The molecule has 0 aliphatic carbocycles. The molecule has 1 aromatic rings. The van der Waals surface area contributed by atoms with Crippen molar-refractivity contribution < 1.29 is 4.39 Å². The van der Waals surface area contributed by atoms with Gasteiger partial charge in [0.1, 0.15) is 5.82 Å². The fourth-order valence-corrected chi connectivity index (χ4v) is 3.65. The number of nitrogens with one attached hydrogen (secondary N) is 1. The van der Waals surface area contributed by atoms with Crippen LogP contribution in [-0.4, -0.2) is 25.2 Å². The lowest BCUT2D eigenvalue weighted by atomic mass is 9.74. The average Bonchev–Trinajstić information content (AvgIpc) is 2.61. The predicted octanol–water partition coefficient (Wildman–Crippen LogP) is 4.71. The van der Waals surface area contributed by atoms with Gasteiger partial charge in [-0.15, -0.1) is 6.58 Å². The van der Waals surface area contributed by atoms with Crippen LogP contribution in [0.25, 0.3) is 0 Å². The molecule has 138 valence electrons. The fourth-order valence-electron chi connectivity index (χ4n) is 3.65. The molecule has 0 aromatic heterocycles. The first-order valence-corrected chi connectivity index (χ1v) is 9.29. The Labute approximate surface area is 151 Å². The number of benzene rings is 1. The molecule has 1 heterocycles. The van der Waals surface area contributed by atoms with E-state index in [0.717, 1.165) is 56.6 Å². The number of para-hydroxylation sites is 1. The second kappa shape index (κ2) is 8.52. The van der Waals surface area contributed by atoms with E-state index in [0.29, 0.717) is 11.6 Å². The Bertz CT molecular complexity index is 605. The summed E-state index contributed by atoms with van der Waals surface area (Å²) in [6.07, 6.45) is 5.81. The lowest BCUT2D eigenvalue weighted by Crippen LogP contribution is -2.50. The first-order chi connectivity index (χ1) is 11.9. The standard InChI is InChI=1S/C21H32FN3/c1-5-7-13-24-19-10-8-9-18(22)20(19)25-14-11-17(12-15-25)21(23,6-2)16(3)4/h6,8-10,17,24H,2-3,5,7,11-15,23H2,1,4H3. The monoisotopic (exact) mass is 345 g/mol. The van der Waals surface area contributed by atoms with Gasteiger partial charge >= 0.3 is 0 Å². The van der Waals surface area contributed by atoms with Crippen LogP contribution >= 0.6 is 0 Å². The molecule has 1 aliphatic heterocycles. The topological polar surface area (TPSA) is 41.3 Å². The molecule has 0 bridgehead atoms. The van der Waals surface area contributed by atoms with Gasteiger partial charge in [0, 0.05) is 19.6 Å². The largest absolute Gasteiger partial charge is 0.383 e. The minimum absolute atomic E-state index is 0.164. The number of anilines is 2. The summed E-state index contributed by atoms with van der Waals surface area (Å²) in [7, 11) is 0. The summed E-state index contributed by atoms with van der Waals surface area (Å²) in [5.41, 5.74) is 8.49. The Kier molecular flexibility index (Phi) is 6.65. The van der Waals surface area contributed by atoms with Crippen molar-refractivity contribution in [1.82, 2.24) is 0 Å². The first kappa shape index (κ1) is 19.5. The molecule has 1 fully saturated rings. The van der Waals surface area contributed by atoms with E-state index in [1.165, 1.54) is 6.07 Å². The third-order valence-electron chi connectivity index (χ3n) is 5.40. The van der Waals surface area contributed by atoms with Gasteiger partial charge in [0.2, 0.25) is 0 Å². The summed E-state index contributed by atoms with van der Waals surface area (Å²) in [5, 5.41) is 3.39. The highest BCUT2D eigenvalue weighted by Gasteiger charge is 2.36. The van der Waals surface area contributed by atoms with Crippen LogP contribution in [0.5, 0.6) is 0 Å². The van der Waals surface area contributed by atoms with Crippen LogP contribution in [0, 0.1) is 11.7 Å². The van der Waals surface area contributed by atoms with E-state index in [4.69, 9.17) is 5.73 Å². The number of nitrogens with zero attached hydrogens (tertiary/aromatic N) is 1. The van der Waals surface area contributed by atoms with Crippen molar-refractivity contribution in [1.29, 1.82) is 0 Å². The molecule has 1 aromatic carbocycles. The Morgan fingerprint density at radius 3 is 2.68 bits per heavy atom. The third-order valence-corrected chi connectivity index (χ3v) is 5.40. The molecule has 0 spiro atoms. The third kappa shape index (κ3) is 4.24. The molecule has 4 heteroatoms. The van der Waals surface area contributed by atoms with E-state index < -0.39 is 5.54 Å². The molecule has 3 N–H and O–H groups in total. The van der Waals surface area contributed by atoms with E-state index in [1.807, 2.05) is 19.1 Å². The summed E-state index contributed by atoms with van der Waals surface area (Å²) in [4.78, 5) is 2.14. The number of hydrogen-bond donors (Lipinski definition) is 2. The fraction of sp³-hybridized carbons (Fsp3) is 0.524. The SMILES string of the molecule is C=CC(N)(C(=C)C)C1CCN(c2c(F)cccc2NCCCC)CC1. The zero-order valence-corrected chi connectivity index (χ0v) is 15.7. The molecule has 25 heavy (non-hydrogen) atoms. The van der Waals surface area contributed by atoms with Gasteiger partial charge in [-0.25, -0.2) is 4.39 Å². The smallest absolute Gasteiger partial charge is 0.148 e. The first-order valence-electron chi connectivity index (χ1n) is 9.29. The molecular formula is C21H32FN3. The van der Waals surface area contributed by atoms with Crippen molar-refractivity contribution in [2.75, 3.05) is 29.9 Å². The van der Waals surface area contributed by atoms with E-state index in [2.05, 4.69) is 30.3 Å². The summed E-state index contributed by atoms with van der Waals surface area (Å²) in [5.74, 6) is 0.129. The van der Waals surface area contributed by atoms with Crippen molar-refractivity contribution in [2.45, 2.75) is 45.1 Å². The number of nitrogens with two attached hydrogens (primary N) is 1. The minimum atomic E-state index is -0.538. The van der Waals surface area contributed by atoms with E-state index >= 15 is 0 Å². The number of halogens is 1. The molecule has 0 amide bonds. The Hall–Kier alpha value is -1.81. The zero-order valence-electron chi connectivity index (χ0n) is 15.7. The van der Waals surface area contributed by atoms with Crippen LogP contribution in [0.1, 0.15) is 39.5 Å². The van der Waals surface area contributed by atoms with Crippen LogP contribution in [-0.2, 0) is 0 Å². The molecule has 1 atom stereocenters. The summed E-state index contributed by atoms with van der Waals surface area (Å²) in [6, 6.07) is 5.27. The van der Waals surface area contributed by atoms with Crippen LogP contribution in [0.3, 0.4) is 0 Å². The lowest BCUT2D eigenvalue weighted by molar-refractivity contribution is 0.307. The molecule has 0 radical (unpaired) electrons. The van der Waals surface area contributed by atoms with Gasteiger partial charge in [-0.2, -0.15) is 0 Å². The average molecular weight is 346 g/mol. The van der Waals surface area contributed by atoms with E-state index in [1.54, 1.807) is 6.07 Å². The maximum Gasteiger partial charge on any atom is 0.148 e. The number of hydrogen-bond acceptors (Lipinski definition) is 3. The van der Waals surface area contributed by atoms with Gasteiger partial charge in [-0.1, -0.05) is 37.6 Å². The minimum Gasteiger partial charge on any atom is -0.383 e. The molecule has 1 unspecified atom stereocenters. The van der Waals surface area contributed by atoms with Crippen LogP contribution < -0.4 is 16.0 Å². The van der Waals surface area contributed by atoms with Gasteiger partial charge in [-0.05, 0) is 44.2 Å². The van der Waals surface area contributed by atoms with Crippen molar-refractivity contribution >= 4 is 11.4 Å². The highest BCUT2D eigenvalue weighted by molar-refractivity contribution is 5.71. The van der Waals surface area contributed by atoms with Gasteiger partial charge in [0.25, 0.3) is 0 Å². The Morgan fingerprint density at radius 1 is 1.44 bits per heavy atom.